The third-order valence-electron chi connectivity index (χ3n) is 4.67. The zero-order valence-electron chi connectivity index (χ0n) is 18.3. The van der Waals surface area contributed by atoms with Gasteiger partial charge in [0.05, 0.1) is 24.2 Å². The molecule has 2 amide bonds. The van der Waals surface area contributed by atoms with Crippen molar-refractivity contribution in [3.8, 4) is 5.75 Å². The van der Waals surface area contributed by atoms with E-state index in [9.17, 15) is 14.4 Å². The van der Waals surface area contributed by atoms with E-state index in [0.29, 0.717) is 27.4 Å². The number of hydrogen-bond acceptors (Lipinski definition) is 6. The molecule has 1 heterocycles. The molecule has 3 rings (SSSR count). The standard InChI is InChI=1S/C24H24N2O5S/c1-5-31-24(29)19-15(3)20(22(28)25-17-10-7-11-18(13-17)30-4)32-23(19)26-21(27)16-9-6-8-14(2)12-16/h6-13H,5H2,1-4H3,(H,25,28)(H,26,27). The van der Waals surface area contributed by atoms with E-state index in [1.165, 1.54) is 0 Å². The van der Waals surface area contributed by atoms with Crippen LogP contribution in [-0.2, 0) is 4.74 Å². The number of thiophene rings is 1. The van der Waals surface area contributed by atoms with Crippen LogP contribution >= 0.6 is 11.3 Å². The zero-order valence-corrected chi connectivity index (χ0v) is 19.1. The molecule has 0 unspecified atom stereocenters. The number of rotatable bonds is 7. The Hall–Kier alpha value is -3.65. The molecule has 0 aliphatic heterocycles. The number of carbonyl (C=O) groups excluding carboxylic acids is 3. The van der Waals surface area contributed by atoms with Crippen molar-refractivity contribution in [2.24, 2.45) is 0 Å². The molecule has 0 radical (unpaired) electrons. The molecular weight excluding hydrogens is 428 g/mol. The van der Waals surface area contributed by atoms with Crippen LogP contribution in [0.2, 0.25) is 0 Å². The van der Waals surface area contributed by atoms with Gasteiger partial charge in [0.1, 0.15) is 10.8 Å². The van der Waals surface area contributed by atoms with Crippen molar-refractivity contribution in [1.82, 2.24) is 0 Å². The van der Waals surface area contributed by atoms with Crippen molar-refractivity contribution in [3.05, 3.63) is 75.7 Å². The summed E-state index contributed by atoms with van der Waals surface area (Å²) in [5, 5.41) is 5.84. The fourth-order valence-electron chi connectivity index (χ4n) is 3.12. The van der Waals surface area contributed by atoms with E-state index in [0.717, 1.165) is 16.9 Å². The fourth-order valence-corrected chi connectivity index (χ4v) is 4.20. The highest BCUT2D eigenvalue weighted by Crippen LogP contribution is 2.35. The highest BCUT2D eigenvalue weighted by Gasteiger charge is 2.27. The maximum atomic E-state index is 13.0. The van der Waals surface area contributed by atoms with Crippen LogP contribution in [0.3, 0.4) is 0 Å². The molecule has 32 heavy (non-hydrogen) atoms. The molecule has 0 aliphatic carbocycles. The third-order valence-corrected chi connectivity index (χ3v) is 5.87. The van der Waals surface area contributed by atoms with Gasteiger partial charge in [-0.25, -0.2) is 4.79 Å². The van der Waals surface area contributed by atoms with E-state index in [4.69, 9.17) is 9.47 Å². The summed E-state index contributed by atoms with van der Waals surface area (Å²) in [5.74, 6) is -0.771. The summed E-state index contributed by atoms with van der Waals surface area (Å²) in [4.78, 5) is 38.7. The first kappa shape index (κ1) is 23.0. The Morgan fingerprint density at radius 2 is 1.72 bits per heavy atom. The monoisotopic (exact) mass is 452 g/mol. The Morgan fingerprint density at radius 1 is 0.969 bits per heavy atom. The van der Waals surface area contributed by atoms with E-state index in [1.54, 1.807) is 63.4 Å². The first-order valence-corrected chi connectivity index (χ1v) is 10.8. The summed E-state index contributed by atoms with van der Waals surface area (Å²) in [7, 11) is 1.54. The average molecular weight is 453 g/mol. The van der Waals surface area contributed by atoms with Crippen LogP contribution in [0.1, 0.15) is 48.4 Å². The van der Waals surface area contributed by atoms with E-state index in [-0.39, 0.29) is 23.1 Å². The van der Waals surface area contributed by atoms with Crippen molar-refractivity contribution >= 4 is 39.8 Å². The molecule has 2 aromatic carbocycles. The molecule has 0 aliphatic rings. The quantitative estimate of drug-likeness (QED) is 0.489. The highest BCUT2D eigenvalue weighted by atomic mass is 32.1. The number of anilines is 2. The lowest BCUT2D eigenvalue weighted by Gasteiger charge is -2.07. The largest absolute Gasteiger partial charge is 0.497 e. The Labute approximate surface area is 190 Å². The van der Waals surface area contributed by atoms with Gasteiger partial charge in [-0.2, -0.15) is 0 Å². The first-order valence-electron chi connectivity index (χ1n) is 9.98. The number of hydrogen-bond donors (Lipinski definition) is 2. The SMILES string of the molecule is CCOC(=O)c1c(NC(=O)c2cccc(C)c2)sc(C(=O)Nc2cccc(OC)c2)c1C. The zero-order chi connectivity index (χ0) is 23.3. The van der Waals surface area contributed by atoms with Gasteiger partial charge in [-0.05, 0) is 50.6 Å². The molecule has 1 aromatic heterocycles. The van der Waals surface area contributed by atoms with E-state index in [1.807, 2.05) is 13.0 Å². The molecule has 166 valence electrons. The topological polar surface area (TPSA) is 93.7 Å². The van der Waals surface area contributed by atoms with Crippen LogP contribution in [0.5, 0.6) is 5.75 Å². The van der Waals surface area contributed by atoms with Gasteiger partial charge in [0.2, 0.25) is 0 Å². The Morgan fingerprint density at radius 3 is 2.41 bits per heavy atom. The molecule has 0 fully saturated rings. The summed E-state index contributed by atoms with van der Waals surface area (Å²) in [6.07, 6.45) is 0. The lowest BCUT2D eigenvalue weighted by Crippen LogP contribution is -2.15. The molecule has 3 aromatic rings. The maximum Gasteiger partial charge on any atom is 0.341 e. The molecule has 0 bridgehead atoms. The minimum atomic E-state index is -0.596. The lowest BCUT2D eigenvalue weighted by atomic mass is 10.1. The van der Waals surface area contributed by atoms with Gasteiger partial charge in [0, 0.05) is 17.3 Å². The van der Waals surface area contributed by atoms with Gasteiger partial charge in [-0.1, -0.05) is 23.8 Å². The third kappa shape index (κ3) is 5.15. The predicted octanol–water partition coefficient (Wildman–Crippen LogP) is 5.05. The van der Waals surface area contributed by atoms with Crippen molar-refractivity contribution < 1.29 is 23.9 Å². The second-order valence-corrected chi connectivity index (χ2v) is 8.01. The van der Waals surface area contributed by atoms with E-state index < -0.39 is 11.9 Å². The van der Waals surface area contributed by atoms with Gasteiger partial charge >= 0.3 is 5.97 Å². The number of amides is 2. The molecule has 0 spiro atoms. The second kappa shape index (κ2) is 10.1. The second-order valence-electron chi connectivity index (χ2n) is 6.99. The summed E-state index contributed by atoms with van der Waals surface area (Å²) in [6.45, 7) is 5.41. The van der Waals surface area contributed by atoms with Crippen LogP contribution in [-0.4, -0.2) is 31.5 Å². The Kier molecular flexibility index (Phi) is 7.27. The van der Waals surface area contributed by atoms with Gasteiger partial charge in [0.15, 0.2) is 0 Å². The number of aryl methyl sites for hydroxylation is 1. The number of esters is 1. The summed E-state index contributed by atoms with van der Waals surface area (Å²) < 4.78 is 10.3. The van der Waals surface area contributed by atoms with Crippen molar-refractivity contribution in [2.45, 2.75) is 20.8 Å². The molecule has 8 heteroatoms. The smallest absolute Gasteiger partial charge is 0.341 e. The summed E-state index contributed by atoms with van der Waals surface area (Å²) >= 11 is 1.03. The average Bonchev–Trinajstić information content (AvgIpc) is 3.09. The molecular formula is C24H24N2O5S. The normalized spacial score (nSPS) is 10.4. The van der Waals surface area contributed by atoms with Gasteiger partial charge in [-0.3, -0.25) is 9.59 Å². The van der Waals surface area contributed by atoms with Gasteiger partial charge in [-0.15, -0.1) is 11.3 Å². The van der Waals surface area contributed by atoms with Crippen LogP contribution in [0.25, 0.3) is 0 Å². The van der Waals surface area contributed by atoms with Crippen LogP contribution in [0, 0.1) is 13.8 Å². The number of ether oxygens (including phenoxy) is 2. The minimum absolute atomic E-state index is 0.171. The summed E-state index contributed by atoms with van der Waals surface area (Å²) in [5.41, 5.74) is 2.55. The fraction of sp³-hybridized carbons (Fsp3) is 0.208. The molecule has 2 N–H and O–H groups in total. The lowest BCUT2D eigenvalue weighted by molar-refractivity contribution is 0.0527. The minimum Gasteiger partial charge on any atom is -0.497 e. The Bertz CT molecular complexity index is 1170. The highest BCUT2D eigenvalue weighted by molar-refractivity contribution is 7.19. The molecule has 0 saturated carbocycles. The van der Waals surface area contributed by atoms with Gasteiger partial charge < -0.3 is 20.1 Å². The predicted molar refractivity (Wildman–Crippen MR) is 125 cm³/mol. The molecule has 0 saturated heterocycles. The van der Waals surface area contributed by atoms with E-state index in [2.05, 4.69) is 10.6 Å². The first-order chi connectivity index (χ1) is 15.3. The number of benzene rings is 2. The molecule has 7 nitrogen and oxygen atoms in total. The summed E-state index contributed by atoms with van der Waals surface area (Å²) in [6, 6.07) is 14.0. The van der Waals surface area contributed by atoms with Crippen LogP contribution in [0.15, 0.2) is 48.5 Å². The van der Waals surface area contributed by atoms with E-state index >= 15 is 0 Å². The van der Waals surface area contributed by atoms with Gasteiger partial charge in [0.25, 0.3) is 11.8 Å². The van der Waals surface area contributed by atoms with Crippen molar-refractivity contribution in [2.75, 3.05) is 24.4 Å². The molecule has 0 atom stereocenters. The van der Waals surface area contributed by atoms with Crippen molar-refractivity contribution in [1.29, 1.82) is 0 Å². The number of carbonyl (C=O) groups is 3. The maximum absolute atomic E-state index is 13.0. The van der Waals surface area contributed by atoms with Crippen molar-refractivity contribution in [3.63, 3.8) is 0 Å². The van der Waals surface area contributed by atoms with Crippen LogP contribution in [0.4, 0.5) is 10.7 Å². The number of methoxy groups -OCH3 is 1. The number of nitrogens with one attached hydrogen (secondary N) is 2. The Balaban J connectivity index is 1.94. The van der Waals surface area contributed by atoms with Crippen LogP contribution < -0.4 is 15.4 Å².